The molecular weight excluding hydrogens is 334 g/mol. The van der Waals surface area contributed by atoms with Gasteiger partial charge in [-0.25, -0.2) is 0 Å². The lowest BCUT2D eigenvalue weighted by Gasteiger charge is -2.23. The molecule has 0 aliphatic heterocycles. The lowest BCUT2D eigenvalue weighted by atomic mass is 9.82. The van der Waals surface area contributed by atoms with Gasteiger partial charge in [-0.3, -0.25) is 4.79 Å². The summed E-state index contributed by atoms with van der Waals surface area (Å²) >= 11 is 0. The molecule has 1 amide bonds. The molecule has 1 atom stereocenters. The highest BCUT2D eigenvalue weighted by Crippen LogP contribution is 2.35. The van der Waals surface area contributed by atoms with Crippen LogP contribution in [0.15, 0.2) is 42.5 Å². The molecule has 1 fully saturated rings. The maximum atomic E-state index is 12.8. The fraction of sp³-hybridized carbons (Fsp3) is 0.458. The van der Waals surface area contributed by atoms with E-state index in [2.05, 4.69) is 48.6 Å². The van der Waals surface area contributed by atoms with Crippen LogP contribution in [-0.4, -0.2) is 25.7 Å². The Bertz CT molecular complexity index is 760. The Balaban J connectivity index is 1.94. The summed E-state index contributed by atoms with van der Waals surface area (Å²) in [6.45, 7) is 4.57. The van der Waals surface area contributed by atoms with Gasteiger partial charge in [-0.05, 0) is 61.4 Å². The fourth-order valence-electron chi connectivity index (χ4n) is 3.97. The topological polar surface area (TPSA) is 38.3 Å². The zero-order chi connectivity index (χ0) is 19.2. The molecule has 0 saturated heterocycles. The van der Waals surface area contributed by atoms with Crippen molar-refractivity contribution in [2.75, 3.05) is 13.7 Å². The normalized spacial score (nSPS) is 16.1. The van der Waals surface area contributed by atoms with Gasteiger partial charge < -0.3 is 10.1 Å². The van der Waals surface area contributed by atoms with Crippen LogP contribution in [0.4, 0.5) is 0 Å². The number of methoxy groups -OCH3 is 1. The van der Waals surface area contributed by atoms with E-state index in [1.807, 2.05) is 13.0 Å². The third kappa shape index (κ3) is 5.20. The molecule has 0 radical (unpaired) electrons. The number of carbonyl (C=O) groups excluding carboxylic acids is 1. The van der Waals surface area contributed by atoms with Gasteiger partial charge in [-0.15, -0.1) is 0 Å². The molecule has 0 spiro atoms. The van der Waals surface area contributed by atoms with E-state index in [1.165, 1.54) is 43.2 Å². The minimum atomic E-state index is -0.0226. The van der Waals surface area contributed by atoms with Gasteiger partial charge in [0.1, 0.15) is 0 Å². The van der Waals surface area contributed by atoms with E-state index >= 15 is 0 Å². The van der Waals surface area contributed by atoms with Gasteiger partial charge in [0.05, 0.1) is 6.61 Å². The molecule has 3 nitrogen and oxygen atoms in total. The third-order valence-corrected chi connectivity index (χ3v) is 5.47. The summed E-state index contributed by atoms with van der Waals surface area (Å²) in [5.41, 5.74) is 5.59. The van der Waals surface area contributed by atoms with Gasteiger partial charge in [-0.2, -0.15) is 0 Å². The Morgan fingerprint density at radius 1 is 1.07 bits per heavy atom. The molecule has 1 saturated carbocycles. The standard InChI is InChI=1S/C24H31NO2/c1-17-9-11-20(12-10-17)22-13-21(19-7-5-4-6-8-19)14-23(15-22)24(26)25-18(2)16-27-3/h9-15,18-19H,4-8,16H2,1-3H3,(H,25,26)/t18-/m1/s1. The molecular formula is C24H31NO2. The molecule has 0 bridgehead atoms. The van der Waals surface area contributed by atoms with Crippen LogP contribution in [0.2, 0.25) is 0 Å². The number of carbonyl (C=O) groups is 1. The van der Waals surface area contributed by atoms with Crippen LogP contribution in [0.3, 0.4) is 0 Å². The quantitative estimate of drug-likeness (QED) is 0.737. The predicted molar refractivity (Wildman–Crippen MR) is 111 cm³/mol. The van der Waals surface area contributed by atoms with Crippen molar-refractivity contribution in [3.63, 3.8) is 0 Å². The van der Waals surface area contributed by atoms with Crippen LogP contribution in [0.1, 0.15) is 66.4 Å². The Hall–Kier alpha value is -2.13. The third-order valence-electron chi connectivity index (χ3n) is 5.47. The van der Waals surface area contributed by atoms with Crippen LogP contribution in [-0.2, 0) is 4.74 Å². The number of aryl methyl sites for hydroxylation is 1. The van der Waals surface area contributed by atoms with Crippen molar-refractivity contribution < 1.29 is 9.53 Å². The second-order valence-corrected chi connectivity index (χ2v) is 7.87. The van der Waals surface area contributed by atoms with Gasteiger partial charge in [0, 0.05) is 18.7 Å². The minimum Gasteiger partial charge on any atom is -0.383 e. The van der Waals surface area contributed by atoms with Crippen molar-refractivity contribution in [2.24, 2.45) is 0 Å². The zero-order valence-electron chi connectivity index (χ0n) is 16.8. The van der Waals surface area contributed by atoms with E-state index in [0.717, 1.165) is 16.7 Å². The van der Waals surface area contributed by atoms with Gasteiger partial charge in [0.2, 0.25) is 0 Å². The number of ether oxygens (including phenoxy) is 1. The minimum absolute atomic E-state index is 0.0105. The van der Waals surface area contributed by atoms with Crippen molar-refractivity contribution in [3.8, 4) is 11.1 Å². The maximum absolute atomic E-state index is 12.8. The van der Waals surface area contributed by atoms with Crippen LogP contribution < -0.4 is 5.32 Å². The summed E-state index contributed by atoms with van der Waals surface area (Å²) in [5.74, 6) is 0.540. The number of benzene rings is 2. The Morgan fingerprint density at radius 2 is 1.78 bits per heavy atom. The fourth-order valence-corrected chi connectivity index (χ4v) is 3.97. The first-order chi connectivity index (χ1) is 13.1. The van der Waals surface area contributed by atoms with E-state index in [4.69, 9.17) is 4.74 Å². The number of amides is 1. The first-order valence-corrected chi connectivity index (χ1v) is 10.1. The van der Waals surface area contributed by atoms with Crippen LogP contribution >= 0.6 is 0 Å². The molecule has 3 rings (SSSR count). The number of rotatable bonds is 6. The van der Waals surface area contributed by atoms with E-state index in [0.29, 0.717) is 12.5 Å². The van der Waals surface area contributed by atoms with Crippen molar-refractivity contribution in [3.05, 3.63) is 59.2 Å². The number of hydrogen-bond acceptors (Lipinski definition) is 2. The molecule has 2 aromatic rings. The second-order valence-electron chi connectivity index (χ2n) is 7.87. The molecule has 2 aromatic carbocycles. The smallest absolute Gasteiger partial charge is 0.251 e. The number of nitrogens with one attached hydrogen (secondary N) is 1. The van der Waals surface area contributed by atoms with Gasteiger partial charge in [0.25, 0.3) is 5.91 Å². The molecule has 0 unspecified atom stereocenters. The molecule has 1 aliphatic carbocycles. The lowest BCUT2D eigenvalue weighted by Crippen LogP contribution is -2.35. The van der Waals surface area contributed by atoms with Crippen molar-refractivity contribution in [2.45, 2.75) is 57.9 Å². The maximum Gasteiger partial charge on any atom is 0.251 e. The highest BCUT2D eigenvalue weighted by Gasteiger charge is 2.19. The van der Waals surface area contributed by atoms with Gasteiger partial charge in [-0.1, -0.05) is 55.2 Å². The van der Waals surface area contributed by atoms with Crippen molar-refractivity contribution >= 4 is 5.91 Å². The van der Waals surface area contributed by atoms with Gasteiger partial charge in [0.15, 0.2) is 0 Å². The lowest BCUT2D eigenvalue weighted by molar-refractivity contribution is 0.0905. The molecule has 0 heterocycles. The van der Waals surface area contributed by atoms with Gasteiger partial charge >= 0.3 is 0 Å². The Labute approximate surface area is 163 Å². The van der Waals surface area contributed by atoms with Crippen molar-refractivity contribution in [1.82, 2.24) is 5.32 Å². The van der Waals surface area contributed by atoms with Crippen LogP contribution in [0.25, 0.3) is 11.1 Å². The van der Waals surface area contributed by atoms with Crippen LogP contribution in [0.5, 0.6) is 0 Å². The second kappa shape index (κ2) is 9.18. The molecule has 144 valence electrons. The predicted octanol–water partition coefficient (Wildman–Crippen LogP) is 5.47. The molecule has 1 aliphatic rings. The first kappa shape index (κ1) is 19.6. The van der Waals surface area contributed by atoms with E-state index < -0.39 is 0 Å². The summed E-state index contributed by atoms with van der Waals surface area (Å²) in [6, 6.07) is 14.9. The highest BCUT2D eigenvalue weighted by molar-refractivity contribution is 5.96. The molecule has 1 N–H and O–H groups in total. The molecule has 3 heteroatoms. The van der Waals surface area contributed by atoms with E-state index in [-0.39, 0.29) is 11.9 Å². The van der Waals surface area contributed by atoms with Crippen LogP contribution in [0, 0.1) is 6.92 Å². The summed E-state index contributed by atoms with van der Waals surface area (Å²) in [4.78, 5) is 12.8. The average molecular weight is 366 g/mol. The summed E-state index contributed by atoms with van der Waals surface area (Å²) in [7, 11) is 1.65. The largest absolute Gasteiger partial charge is 0.383 e. The van der Waals surface area contributed by atoms with Crippen molar-refractivity contribution in [1.29, 1.82) is 0 Å². The summed E-state index contributed by atoms with van der Waals surface area (Å²) in [5, 5.41) is 3.05. The SMILES string of the molecule is COC[C@@H](C)NC(=O)c1cc(-c2ccc(C)cc2)cc(C2CCCCC2)c1. The first-order valence-electron chi connectivity index (χ1n) is 10.1. The highest BCUT2D eigenvalue weighted by atomic mass is 16.5. The van der Waals surface area contributed by atoms with E-state index in [9.17, 15) is 4.79 Å². The summed E-state index contributed by atoms with van der Waals surface area (Å²) < 4.78 is 5.15. The molecule has 27 heavy (non-hydrogen) atoms. The number of hydrogen-bond donors (Lipinski definition) is 1. The van der Waals surface area contributed by atoms with E-state index in [1.54, 1.807) is 7.11 Å². The molecule has 0 aromatic heterocycles. The summed E-state index contributed by atoms with van der Waals surface area (Å²) in [6.07, 6.45) is 6.34. The monoisotopic (exact) mass is 365 g/mol. The zero-order valence-corrected chi connectivity index (χ0v) is 16.8. The Morgan fingerprint density at radius 3 is 2.44 bits per heavy atom. The Kier molecular flexibility index (Phi) is 6.68. The average Bonchev–Trinajstić information content (AvgIpc) is 2.69.